The number of nitrogen functional groups attached to an aromatic ring is 1. The molecule has 3 N–H and O–H groups in total. The molecule has 2 aromatic rings. The first-order valence-corrected chi connectivity index (χ1v) is 8.32. The number of sulfonamides is 1. The van der Waals surface area contributed by atoms with Crippen LogP contribution in [0.3, 0.4) is 0 Å². The van der Waals surface area contributed by atoms with Crippen molar-refractivity contribution in [2.45, 2.75) is 11.3 Å². The third-order valence-corrected chi connectivity index (χ3v) is 5.14. The fraction of sp³-hybridized carbons (Fsp3) is 0.167. The SMILES string of the molecule is Nc1ccc([N+](=O)[O-])c(S(=O)(=O)NCCc2cccs2)c1. The summed E-state index contributed by atoms with van der Waals surface area (Å²) in [5.41, 5.74) is 5.18. The highest BCUT2D eigenvalue weighted by atomic mass is 32.2. The number of nitrogens with zero attached hydrogens (tertiary/aromatic N) is 1. The molecule has 0 saturated heterocycles. The van der Waals surface area contributed by atoms with E-state index in [1.165, 1.54) is 17.4 Å². The van der Waals surface area contributed by atoms with E-state index in [4.69, 9.17) is 5.73 Å². The molecule has 0 aliphatic carbocycles. The number of nitrogens with one attached hydrogen (secondary N) is 1. The predicted octanol–water partition coefficient (Wildman–Crippen LogP) is 1.76. The van der Waals surface area contributed by atoms with E-state index in [-0.39, 0.29) is 12.2 Å². The molecule has 0 spiro atoms. The van der Waals surface area contributed by atoms with Crippen molar-refractivity contribution in [3.63, 3.8) is 0 Å². The van der Waals surface area contributed by atoms with Crippen LogP contribution in [0.15, 0.2) is 40.6 Å². The summed E-state index contributed by atoms with van der Waals surface area (Å²) in [5, 5.41) is 12.8. The van der Waals surface area contributed by atoms with Crippen LogP contribution in [0.2, 0.25) is 0 Å². The first-order valence-electron chi connectivity index (χ1n) is 5.96. The molecule has 0 atom stereocenters. The van der Waals surface area contributed by atoms with E-state index in [1.807, 2.05) is 17.5 Å². The highest BCUT2D eigenvalue weighted by Gasteiger charge is 2.25. The van der Waals surface area contributed by atoms with Gasteiger partial charge < -0.3 is 5.73 Å². The Kier molecular flexibility index (Phi) is 4.56. The van der Waals surface area contributed by atoms with Gasteiger partial charge in [-0.25, -0.2) is 13.1 Å². The fourth-order valence-electron chi connectivity index (χ4n) is 1.74. The smallest absolute Gasteiger partial charge is 0.289 e. The Balaban J connectivity index is 2.19. The van der Waals surface area contributed by atoms with Crippen LogP contribution in [0.25, 0.3) is 0 Å². The van der Waals surface area contributed by atoms with Crippen LogP contribution in [0.1, 0.15) is 4.88 Å². The van der Waals surface area contributed by atoms with E-state index in [9.17, 15) is 18.5 Å². The van der Waals surface area contributed by atoms with Gasteiger partial charge in [-0.1, -0.05) is 6.07 Å². The van der Waals surface area contributed by atoms with Gasteiger partial charge in [0.05, 0.1) is 4.92 Å². The minimum atomic E-state index is -3.98. The molecule has 0 unspecified atom stereocenters. The predicted molar refractivity (Wildman–Crippen MR) is 80.7 cm³/mol. The average molecular weight is 327 g/mol. The summed E-state index contributed by atoms with van der Waals surface area (Å²) in [4.78, 5) is 10.8. The van der Waals surface area contributed by atoms with Crippen molar-refractivity contribution in [3.8, 4) is 0 Å². The lowest BCUT2D eigenvalue weighted by atomic mass is 10.3. The van der Waals surface area contributed by atoms with E-state index in [2.05, 4.69) is 4.72 Å². The summed E-state index contributed by atoms with van der Waals surface area (Å²) in [5.74, 6) is 0. The zero-order valence-corrected chi connectivity index (χ0v) is 12.5. The van der Waals surface area contributed by atoms with E-state index < -0.39 is 25.5 Å². The number of rotatable bonds is 6. The molecule has 9 heteroatoms. The summed E-state index contributed by atoms with van der Waals surface area (Å²) in [7, 11) is -3.98. The molecular formula is C12H13N3O4S2. The van der Waals surface area contributed by atoms with Crippen molar-refractivity contribution >= 4 is 32.7 Å². The van der Waals surface area contributed by atoms with Crippen molar-refractivity contribution in [1.82, 2.24) is 4.72 Å². The number of hydrogen-bond acceptors (Lipinski definition) is 6. The molecule has 0 radical (unpaired) electrons. The maximum atomic E-state index is 12.2. The maximum Gasteiger partial charge on any atom is 0.289 e. The van der Waals surface area contributed by atoms with Crippen molar-refractivity contribution in [2.75, 3.05) is 12.3 Å². The molecule has 0 aliphatic rings. The Morgan fingerprint density at radius 2 is 2.10 bits per heavy atom. The molecule has 2 rings (SSSR count). The number of nitro groups is 1. The minimum absolute atomic E-state index is 0.152. The highest BCUT2D eigenvalue weighted by Crippen LogP contribution is 2.25. The largest absolute Gasteiger partial charge is 0.399 e. The first kappa shape index (κ1) is 15.4. The first-order chi connectivity index (χ1) is 9.90. The maximum absolute atomic E-state index is 12.2. The lowest BCUT2D eigenvalue weighted by molar-refractivity contribution is -0.387. The number of nitrogens with two attached hydrogens (primary N) is 1. The van der Waals surface area contributed by atoms with E-state index in [0.29, 0.717) is 6.42 Å². The van der Waals surface area contributed by atoms with Gasteiger partial charge in [0.25, 0.3) is 5.69 Å². The summed E-state index contributed by atoms with van der Waals surface area (Å²) in [6, 6.07) is 7.23. The summed E-state index contributed by atoms with van der Waals surface area (Å²) < 4.78 is 26.7. The molecule has 0 fully saturated rings. The van der Waals surface area contributed by atoms with Gasteiger partial charge in [0.2, 0.25) is 10.0 Å². The molecule has 1 aromatic heterocycles. The molecule has 1 heterocycles. The summed E-state index contributed by atoms with van der Waals surface area (Å²) >= 11 is 1.52. The van der Waals surface area contributed by atoms with Crippen LogP contribution in [-0.2, 0) is 16.4 Å². The second-order valence-corrected chi connectivity index (χ2v) is 6.98. The van der Waals surface area contributed by atoms with Gasteiger partial charge in [0.1, 0.15) is 0 Å². The second-order valence-electron chi connectivity index (χ2n) is 4.21. The Labute approximate surface area is 125 Å². The topological polar surface area (TPSA) is 115 Å². The van der Waals surface area contributed by atoms with Gasteiger partial charge in [-0.15, -0.1) is 11.3 Å². The van der Waals surface area contributed by atoms with Crippen molar-refractivity contribution in [1.29, 1.82) is 0 Å². The number of hydrogen-bond donors (Lipinski definition) is 2. The molecule has 0 aliphatic heterocycles. The van der Waals surface area contributed by atoms with Crippen molar-refractivity contribution in [3.05, 3.63) is 50.7 Å². The molecule has 0 amide bonds. The number of thiophene rings is 1. The van der Waals surface area contributed by atoms with E-state index in [1.54, 1.807) is 0 Å². The normalized spacial score (nSPS) is 11.4. The van der Waals surface area contributed by atoms with Crippen LogP contribution >= 0.6 is 11.3 Å². The minimum Gasteiger partial charge on any atom is -0.399 e. The number of anilines is 1. The quantitative estimate of drug-likeness (QED) is 0.476. The highest BCUT2D eigenvalue weighted by molar-refractivity contribution is 7.89. The Morgan fingerprint density at radius 3 is 2.71 bits per heavy atom. The third kappa shape index (κ3) is 3.78. The Morgan fingerprint density at radius 1 is 1.33 bits per heavy atom. The van der Waals surface area contributed by atoms with Gasteiger partial charge >= 0.3 is 0 Å². The molecule has 0 bridgehead atoms. The van der Waals surface area contributed by atoms with Gasteiger partial charge in [-0.05, 0) is 30.0 Å². The van der Waals surface area contributed by atoms with E-state index in [0.717, 1.165) is 17.0 Å². The molecule has 112 valence electrons. The van der Waals surface area contributed by atoms with Gasteiger partial charge in [-0.3, -0.25) is 10.1 Å². The third-order valence-electron chi connectivity index (χ3n) is 2.71. The average Bonchev–Trinajstić information content (AvgIpc) is 2.91. The zero-order valence-electron chi connectivity index (χ0n) is 10.9. The van der Waals surface area contributed by atoms with Gasteiger partial charge in [0.15, 0.2) is 4.90 Å². The summed E-state index contributed by atoms with van der Waals surface area (Å²) in [6.45, 7) is 0.162. The fourth-order valence-corrected chi connectivity index (χ4v) is 3.68. The van der Waals surface area contributed by atoms with Crippen LogP contribution in [0.4, 0.5) is 11.4 Å². The van der Waals surface area contributed by atoms with Crippen molar-refractivity contribution in [2.24, 2.45) is 0 Å². The molecule has 21 heavy (non-hydrogen) atoms. The van der Waals surface area contributed by atoms with Crippen LogP contribution in [0.5, 0.6) is 0 Å². The van der Waals surface area contributed by atoms with Crippen LogP contribution in [0, 0.1) is 10.1 Å². The van der Waals surface area contributed by atoms with Crippen LogP contribution < -0.4 is 10.5 Å². The van der Waals surface area contributed by atoms with Gasteiger partial charge in [-0.2, -0.15) is 0 Å². The van der Waals surface area contributed by atoms with E-state index >= 15 is 0 Å². The lowest BCUT2D eigenvalue weighted by Crippen LogP contribution is -2.26. The number of nitro benzene ring substituents is 1. The Bertz CT molecular complexity index is 742. The number of benzene rings is 1. The zero-order chi connectivity index (χ0) is 15.5. The molecule has 0 saturated carbocycles. The molecular weight excluding hydrogens is 314 g/mol. The Hall–Kier alpha value is -1.97. The molecule has 1 aromatic carbocycles. The molecule has 7 nitrogen and oxygen atoms in total. The lowest BCUT2D eigenvalue weighted by Gasteiger charge is -2.07. The standard InChI is InChI=1S/C12H13N3O4S2/c13-9-3-4-11(15(16)17)12(8-9)21(18,19)14-6-5-10-2-1-7-20-10/h1-4,7-8,14H,5-6,13H2. The van der Waals surface area contributed by atoms with Gasteiger partial charge in [0, 0.05) is 23.2 Å². The monoisotopic (exact) mass is 327 g/mol. The van der Waals surface area contributed by atoms with Crippen molar-refractivity contribution < 1.29 is 13.3 Å². The van der Waals surface area contributed by atoms with Crippen LogP contribution in [-0.4, -0.2) is 19.9 Å². The second kappa shape index (κ2) is 6.20. The summed E-state index contributed by atoms with van der Waals surface area (Å²) in [6.07, 6.45) is 0.521.